The number of rotatable bonds is 22. The highest BCUT2D eigenvalue weighted by Crippen LogP contribution is 2.63. The van der Waals surface area contributed by atoms with Gasteiger partial charge in [0.25, 0.3) is 0 Å². The zero-order valence-corrected chi connectivity index (χ0v) is 30.5. The molecular weight excluding hydrogens is 652 g/mol. The van der Waals surface area contributed by atoms with E-state index < -0.39 is 18.1 Å². The molecule has 1 fully saturated rings. The van der Waals surface area contributed by atoms with Crippen LogP contribution in [-0.2, 0) is 19.0 Å². The molecular formula is C39H56N4O8. The first-order chi connectivity index (χ1) is 25.0. The maximum atomic E-state index is 9.84. The number of aromatic nitrogens is 3. The molecule has 0 amide bonds. The van der Waals surface area contributed by atoms with Crippen LogP contribution in [0.15, 0.2) is 66.5 Å². The van der Waals surface area contributed by atoms with Gasteiger partial charge in [-0.25, -0.2) is 4.68 Å². The highest BCUT2D eigenvalue weighted by molar-refractivity contribution is 6.02. The van der Waals surface area contributed by atoms with Crippen LogP contribution in [0.1, 0.15) is 95.2 Å². The summed E-state index contributed by atoms with van der Waals surface area (Å²) >= 11 is 0. The average molecular weight is 709 g/mol. The first kappa shape index (κ1) is 38.7. The molecule has 1 aromatic carbocycles. The fraction of sp³-hybridized carbons (Fsp3) is 0.615. The van der Waals surface area contributed by atoms with E-state index in [0.29, 0.717) is 50.7 Å². The molecule has 1 aromatic heterocycles. The summed E-state index contributed by atoms with van der Waals surface area (Å²) < 4.78 is 34.3. The van der Waals surface area contributed by atoms with Gasteiger partial charge >= 0.3 is 0 Å². The fourth-order valence-electron chi connectivity index (χ4n) is 8.15. The molecule has 2 aromatic rings. The van der Waals surface area contributed by atoms with Crippen molar-refractivity contribution >= 4 is 5.71 Å². The number of benzene rings is 1. The van der Waals surface area contributed by atoms with Crippen molar-refractivity contribution in [3.05, 3.63) is 72.6 Å². The zero-order chi connectivity index (χ0) is 36.2. The largest absolute Gasteiger partial charge is 0.490 e. The van der Waals surface area contributed by atoms with Crippen LogP contribution < -0.4 is 9.47 Å². The van der Waals surface area contributed by atoms with E-state index in [1.807, 2.05) is 37.6 Å². The van der Waals surface area contributed by atoms with Crippen molar-refractivity contribution in [2.45, 2.75) is 89.8 Å². The zero-order valence-electron chi connectivity index (χ0n) is 30.5. The number of oxime groups is 1. The third kappa shape index (κ3) is 8.25. The Hall–Kier alpha value is -3.55. The van der Waals surface area contributed by atoms with Crippen LogP contribution in [0.4, 0.5) is 0 Å². The number of hydrogen-bond acceptors (Lipinski definition) is 11. The lowest BCUT2D eigenvalue weighted by Gasteiger charge is -2.58. The number of ether oxygens (including phenoxy) is 5. The second kappa shape index (κ2) is 18.8. The molecule has 0 radical (unpaired) electrons. The number of hydrogen-bond donors (Lipinski definition) is 2. The van der Waals surface area contributed by atoms with Crippen LogP contribution in [0.2, 0.25) is 0 Å². The maximum Gasteiger partial charge on any atom is 0.241 e. The lowest BCUT2D eigenvalue weighted by atomic mass is 9.55. The van der Waals surface area contributed by atoms with Crippen molar-refractivity contribution in [1.82, 2.24) is 15.0 Å². The summed E-state index contributed by atoms with van der Waals surface area (Å²) in [6.07, 6.45) is 12.1. The van der Waals surface area contributed by atoms with Gasteiger partial charge in [0.1, 0.15) is 36.4 Å². The van der Waals surface area contributed by atoms with Crippen LogP contribution in [0.25, 0.3) is 0 Å². The van der Waals surface area contributed by atoms with Crippen LogP contribution in [-0.4, -0.2) is 83.0 Å². The van der Waals surface area contributed by atoms with Gasteiger partial charge in [-0.2, -0.15) is 0 Å². The van der Waals surface area contributed by atoms with Crippen LogP contribution in [0.3, 0.4) is 0 Å². The van der Waals surface area contributed by atoms with Crippen LogP contribution in [0.5, 0.6) is 11.5 Å². The van der Waals surface area contributed by atoms with Gasteiger partial charge in [-0.3, -0.25) is 0 Å². The number of aliphatic hydroxyl groups is 2. The Bertz CT molecular complexity index is 1490. The van der Waals surface area contributed by atoms with E-state index in [0.717, 1.165) is 54.7 Å². The summed E-state index contributed by atoms with van der Waals surface area (Å²) in [6.45, 7) is 15.8. The van der Waals surface area contributed by atoms with Gasteiger partial charge in [0, 0.05) is 44.3 Å². The normalized spacial score (nSPS) is 25.9. The fourth-order valence-corrected chi connectivity index (χ4v) is 8.15. The molecule has 2 N–H and O–H groups in total. The highest BCUT2D eigenvalue weighted by atomic mass is 16.7. The highest BCUT2D eigenvalue weighted by Gasteiger charge is 2.65. The minimum absolute atomic E-state index is 0.0974. The monoisotopic (exact) mass is 708 g/mol. The Kier molecular flexibility index (Phi) is 14.3. The van der Waals surface area contributed by atoms with E-state index in [9.17, 15) is 10.2 Å². The molecule has 1 saturated carbocycles. The second-order valence-electron chi connectivity index (χ2n) is 13.1. The Balaban J connectivity index is 1.79. The van der Waals surface area contributed by atoms with E-state index in [1.165, 1.54) is 0 Å². The number of unbranched alkanes of at least 4 members (excludes halogenated alkanes) is 2. The molecule has 6 unspecified atom stereocenters. The number of allylic oxidation sites excluding steroid dienone is 1. The molecule has 0 bridgehead atoms. The molecule has 12 nitrogen and oxygen atoms in total. The molecule has 0 spiro atoms. The topological polar surface area (TPSA) is 139 Å². The van der Waals surface area contributed by atoms with Gasteiger partial charge in [-0.15, -0.1) is 11.7 Å². The molecule has 1 aliphatic heterocycles. The van der Waals surface area contributed by atoms with Gasteiger partial charge < -0.3 is 38.7 Å². The molecule has 12 heteroatoms. The lowest BCUT2D eigenvalue weighted by Crippen LogP contribution is -2.63. The Labute approximate surface area is 302 Å². The van der Waals surface area contributed by atoms with E-state index in [-0.39, 0.29) is 43.5 Å². The average Bonchev–Trinajstić information content (AvgIpc) is 3.63. The van der Waals surface area contributed by atoms with E-state index >= 15 is 0 Å². The predicted octanol–water partition coefficient (Wildman–Crippen LogP) is 6.44. The minimum atomic E-state index is -1.27. The smallest absolute Gasteiger partial charge is 0.241 e. The van der Waals surface area contributed by atoms with Crippen molar-refractivity contribution in [3.8, 4) is 11.5 Å². The van der Waals surface area contributed by atoms with E-state index in [4.69, 9.17) is 33.7 Å². The summed E-state index contributed by atoms with van der Waals surface area (Å²) in [5, 5.41) is 33.3. The van der Waals surface area contributed by atoms with Gasteiger partial charge in [0.2, 0.25) is 12.1 Å². The van der Waals surface area contributed by atoms with Crippen molar-refractivity contribution in [1.29, 1.82) is 0 Å². The Morgan fingerprint density at radius 3 is 2.45 bits per heavy atom. The molecule has 280 valence electrons. The summed E-state index contributed by atoms with van der Waals surface area (Å²) in [7, 11) is 0. The summed E-state index contributed by atoms with van der Waals surface area (Å²) in [6, 6.07) is 5.43. The number of fused-ring (bicyclic) bond motifs is 2. The first-order valence-corrected chi connectivity index (χ1v) is 18.6. The molecule has 3 aliphatic rings. The van der Waals surface area contributed by atoms with Crippen molar-refractivity contribution in [3.63, 3.8) is 0 Å². The lowest BCUT2D eigenvalue weighted by molar-refractivity contribution is -0.254. The van der Waals surface area contributed by atoms with Gasteiger partial charge in [0.05, 0.1) is 24.4 Å². The minimum Gasteiger partial charge on any atom is -0.490 e. The molecule has 5 rings (SSSR count). The number of nitrogens with zero attached hydrogens (tertiary/aromatic N) is 4. The predicted molar refractivity (Wildman–Crippen MR) is 194 cm³/mol. The number of aliphatic hydroxyl groups excluding tert-OH is 2. The quantitative estimate of drug-likeness (QED) is 0.0608. The van der Waals surface area contributed by atoms with Crippen molar-refractivity contribution < 1.29 is 38.7 Å². The molecule has 0 saturated heterocycles. The van der Waals surface area contributed by atoms with Gasteiger partial charge in [0.15, 0.2) is 0 Å². The molecule has 51 heavy (non-hydrogen) atoms. The van der Waals surface area contributed by atoms with Gasteiger partial charge in [-0.05, 0) is 82.1 Å². The maximum absolute atomic E-state index is 9.84. The first-order valence-electron chi connectivity index (χ1n) is 18.6. The Morgan fingerprint density at radius 1 is 1.02 bits per heavy atom. The van der Waals surface area contributed by atoms with Crippen LogP contribution >= 0.6 is 0 Å². The standard InChI is InChI=1S/C39H56N4O8/c1-6-21-48-28-17-18-34-31(24-28)36-29(16-12-14-20-45)27(15-11-13-19-44)23-30-32(41-50-10-5)25-35(39(51-34,37(30)36)49-22-7-2)43-33(26-40-42-43)38(46-8-3)47-9-4/h6-7,17-18,23-24,26-27,29,35-38,44-45H,1-2,8-16,19-22,25H2,3-5H3. The van der Waals surface area contributed by atoms with Gasteiger partial charge in [-0.1, -0.05) is 48.0 Å². The SMILES string of the molecule is C=CCOc1ccc2c(c1)C1C(CCCCO)C(CCCCO)C=C3C(=NOCC)CC(n4nncc4C(OCC)OCC)C(OCC=C)(O2)C31. The van der Waals surface area contributed by atoms with Crippen LogP contribution in [0, 0.1) is 17.8 Å². The van der Waals surface area contributed by atoms with Crippen molar-refractivity contribution in [2.24, 2.45) is 22.9 Å². The summed E-state index contributed by atoms with van der Waals surface area (Å²) in [5.74, 6) is 0.0255. The van der Waals surface area contributed by atoms with E-state index in [2.05, 4.69) is 35.6 Å². The van der Waals surface area contributed by atoms with Crippen molar-refractivity contribution in [2.75, 3.05) is 46.2 Å². The molecule has 2 heterocycles. The molecule has 6 atom stereocenters. The van der Waals surface area contributed by atoms with E-state index in [1.54, 1.807) is 18.3 Å². The Morgan fingerprint density at radius 2 is 1.76 bits per heavy atom. The second-order valence-corrected chi connectivity index (χ2v) is 13.1. The summed E-state index contributed by atoms with van der Waals surface area (Å²) in [5.41, 5.74) is 3.50. The third-order valence-electron chi connectivity index (χ3n) is 10.1. The molecule has 2 aliphatic carbocycles. The summed E-state index contributed by atoms with van der Waals surface area (Å²) in [4.78, 5) is 5.82. The third-order valence-corrected chi connectivity index (χ3v) is 10.1.